The predicted octanol–water partition coefficient (Wildman–Crippen LogP) is 2.00. The number of rotatable bonds is 2. The first-order valence-corrected chi connectivity index (χ1v) is 5.23. The Kier molecular flexibility index (Phi) is 1.63. The average molecular weight is 187 g/mol. The van der Waals surface area contributed by atoms with Crippen LogP contribution >= 0.6 is 0 Å². The zero-order valence-corrected chi connectivity index (χ0v) is 7.99. The quantitative estimate of drug-likeness (QED) is 0.767. The molecule has 2 nitrogen and oxygen atoms in total. The van der Waals surface area contributed by atoms with Crippen molar-refractivity contribution in [2.24, 2.45) is 5.92 Å². The highest BCUT2D eigenvalue weighted by Gasteiger charge is 2.37. The standard InChI is InChI=1S/C12H13NO/c14-12(8-5-6-8)11-7-9-3-1-2-4-10(9)13-11/h1-4,8,11,13H,5-7H2. The van der Waals surface area contributed by atoms with Crippen LogP contribution in [0.25, 0.3) is 0 Å². The van der Waals surface area contributed by atoms with Crippen molar-refractivity contribution in [3.05, 3.63) is 29.8 Å². The molecule has 0 radical (unpaired) electrons. The van der Waals surface area contributed by atoms with Crippen LogP contribution in [-0.2, 0) is 11.2 Å². The van der Waals surface area contributed by atoms with E-state index in [-0.39, 0.29) is 6.04 Å². The van der Waals surface area contributed by atoms with E-state index in [1.807, 2.05) is 12.1 Å². The molecule has 1 N–H and O–H groups in total. The Morgan fingerprint density at radius 1 is 1.29 bits per heavy atom. The second-order valence-corrected chi connectivity index (χ2v) is 4.23. The van der Waals surface area contributed by atoms with Gasteiger partial charge in [-0.2, -0.15) is 0 Å². The molecule has 0 amide bonds. The van der Waals surface area contributed by atoms with Gasteiger partial charge in [0.1, 0.15) is 0 Å². The van der Waals surface area contributed by atoms with Gasteiger partial charge in [-0.3, -0.25) is 4.79 Å². The van der Waals surface area contributed by atoms with Gasteiger partial charge in [-0.05, 0) is 24.5 Å². The molecule has 72 valence electrons. The summed E-state index contributed by atoms with van der Waals surface area (Å²) in [7, 11) is 0. The van der Waals surface area contributed by atoms with Crippen molar-refractivity contribution >= 4 is 11.5 Å². The highest BCUT2D eigenvalue weighted by Crippen LogP contribution is 2.35. The second-order valence-electron chi connectivity index (χ2n) is 4.23. The fourth-order valence-corrected chi connectivity index (χ4v) is 2.12. The van der Waals surface area contributed by atoms with Gasteiger partial charge in [-0.25, -0.2) is 0 Å². The minimum atomic E-state index is 0.0555. The molecule has 3 rings (SSSR count). The average Bonchev–Trinajstić information content (AvgIpc) is 2.95. The molecule has 1 aliphatic carbocycles. The van der Waals surface area contributed by atoms with Crippen molar-refractivity contribution in [3.8, 4) is 0 Å². The van der Waals surface area contributed by atoms with Crippen molar-refractivity contribution in [3.63, 3.8) is 0 Å². The number of anilines is 1. The lowest BCUT2D eigenvalue weighted by Crippen LogP contribution is -2.28. The van der Waals surface area contributed by atoms with Gasteiger partial charge in [0.25, 0.3) is 0 Å². The van der Waals surface area contributed by atoms with Crippen LogP contribution in [0, 0.1) is 5.92 Å². The Hall–Kier alpha value is -1.31. The summed E-state index contributed by atoms with van der Waals surface area (Å²) in [6.07, 6.45) is 3.09. The molecule has 2 heteroatoms. The maximum Gasteiger partial charge on any atom is 0.158 e. The van der Waals surface area contributed by atoms with E-state index in [1.54, 1.807) is 0 Å². The third kappa shape index (κ3) is 1.22. The first-order chi connectivity index (χ1) is 6.84. The van der Waals surface area contributed by atoms with Gasteiger partial charge in [0.15, 0.2) is 5.78 Å². The van der Waals surface area contributed by atoms with E-state index >= 15 is 0 Å². The molecule has 1 atom stereocenters. The number of benzene rings is 1. The summed E-state index contributed by atoms with van der Waals surface area (Å²) < 4.78 is 0. The maximum absolute atomic E-state index is 11.8. The number of para-hydroxylation sites is 1. The van der Waals surface area contributed by atoms with Gasteiger partial charge in [0.05, 0.1) is 6.04 Å². The zero-order valence-electron chi connectivity index (χ0n) is 7.99. The molecule has 1 saturated carbocycles. The largest absolute Gasteiger partial charge is 0.375 e. The van der Waals surface area contributed by atoms with Crippen molar-refractivity contribution in [1.82, 2.24) is 0 Å². The van der Waals surface area contributed by atoms with E-state index in [0.717, 1.165) is 24.9 Å². The number of hydrogen-bond donors (Lipinski definition) is 1. The van der Waals surface area contributed by atoms with Crippen molar-refractivity contribution in [2.75, 3.05) is 5.32 Å². The normalized spacial score (nSPS) is 24.1. The van der Waals surface area contributed by atoms with Gasteiger partial charge in [-0.15, -0.1) is 0 Å². The van der Waals surface area contributed by atoms with E-state index in [4.69, 9.17) is 0 Å². The summed E-state index contributed by atoms with van der Waals surface area (Å²) in [5.74, 6) is 0.781. The van der Waals surface area contributed by atoms with E-state index in [9.17, 15) is 4.79 Å². The lowest BCUT2D eigenvalue weighted by Gasteiger charge is -2.08. The third-order valence-corrected chi connectivity index (χ3v) is 3.09. The molecule has 1 aromatic rings. The van der Waals surface area contributed by atoms with Crippen molar-refractivity contribution < 1.29 is 4.79 Å². The SMILES string of the molecule is O=C(C1CC1)C1Cc2ccccc2N1. The molecule has 1 heterocycles. The van der Waals surface area contributed by atoms with E-state index in [0.29, 0.717) is 11.7 Å². The lowest BCUT2D eigenvalue weighted by molar-refractivity contribution is -0.120. The first-order valence-electron chi connectivity index (χ1n) is 5.23. The van der Waals surface area contributed by atoms with Crippen LogP contribution in [0.15, 0.2) is 24.3 Å². The summed E-state index contributed by atoms with van der Waals surface area (Å²) in [4.78, 5) is 11.8. The number of hydrogen-bond acceptors (Lipinski definition) is 2. The summed E-state index contributed by atoms with van der Waals surface area (Å²) in [6.45, 7) is 0. The smallest absolute Gasteiger partial charge is 0.158 e. The van der Waals surface area contributed by atoms with Crippen LogP contribution in [0.4, 0.5) is 5.69 Å². The molecule has 1 unspecified atom stereocenters. The molecule has 1 aliphatic heterocycles. The van der Waals surface area contributed by atoms with Gasteiger partial charge in [0.2, 0.25) is 0 Å². The molecule has 0 bridgehead atoms. The highest BCUT2D eigenvalue weighted by atomic mass is 16.1. The van der Waals surface area contributed by atoms with E-state index < -0.39 is 0 Å². The van der Waals surface area contributed by atoms with Crippen LogP contribution < -0.4 is 5.32 Å². The minimum Gasteiger partial charge on any atom is -0.375 e. The molecule has 14 heavy (non-hydrogen) atoms. The van der Waals surface area contributed by atoms with E-state index in [2.05, 4.69) is 17.4 Å². The fourth-order valence-electron chi connectivity index (χ4n) is 2.12. The van der Waals surface area contributed by atoms with E-state index in [1.165, 1.54) is 5.56 Å². The topological polar surface area (TPSA) is 29.1 Å². The monoisotopic (exact) mass is 187 g/mol. The zero-order chi connectivity index (χ0) is 9.54. The van der Waals surface area contributed by atoms with Crippen LogP contribution in [0.5, 0.6) is 0 Å². The van der Waals surface area contributed by atoms with Gasteiger partial charge >= 0.3 is 0 Å². The Balaban J connectivity index is 1.80. The van der Waals surface area contributed by atoms with Gasteiger partial charge in [0, 0.05) is 18.0 Å². The fraction of sp³-hybridized carbons (Fsp3) is 0.417. The number of nitrogens with one attached hydrogen (secondary N) is 1. The molecular formula is C12H13NO. The highest BCUT2D eigenvalue weighted by molar-refractivity contribution is 5.92. The molecule has 2 aliphatic rings. The van der Waals surface area contributed by atoms with Crippen LogP contribution in [0.2, 0.25) is 0 Å². The van der Waals surface area contributed by atoms with Crippen molar-refractivity contribution in [1.29, 1.82) is 0 Å². The minimum absolute atomic E-state index is 0.0555. The van der Waals surface area contributed by atoms with Crippen LogP contribution in [0.3, 0.4) is 0 Å². The number of carbonyl (C=O) groups is 1. The Labute approximate surface area is 83.3 Å². The molecule has 1 aromatic carbocycles. The summed E-state index contributed by atoms with van der Waals surface area (Å²) in [5, 5.41) is 3.31. The predicted molar refractivity (Wildman–Crippen MR) is 55.3 cm³/mol. The van der Waals surface area contributed by atoms with Gasteiger partial charge < -0.3 is 5.32 Å². The maximum atomic E-state index is 11.8. The molecule has 0 saturated heterocycles. The number of fused-ring (bicyclic) bond motifs is 1. The third-order valence-electron chi connectivity index (χ3n) is 3.09. The molecule has 1 fully saturated rings. The molecule has 0 spiro atoms. The first kappa shape index (κ1) is 8.04. The number of carbonyl (C=O) groups excluding carboxylic acids is 1. The Morgan fingerprint density at radius 3 is 2.79 bits per heavy atom. The molecular weight excluding hydrogens is 174 g/mol. The van der Waals surface area contributed by atoms with Crippen molar-refractivity contribution in [2.45, 2.75) is 25.3 Å². The van der Waals surface area contributed by atoms with Gasteiger partial charge in [-0.1, -0.05) is 18.2 Å². The Morgan fingerprint density at radius 2 is 2.07 bits per heavy atom. The number of ketones is 1. The second kappa shape index (κ2) is 2.84. The van der Waals surface area contributed by atoms with Crippen LogP contribution in [-0.4, -0.2) is 11.8 Å². The summed E-state index contributed by atoms with van der Waals surface area (Å²) in [5.41, 5.74) is 2.43. The lowest BCUT2D eigenvalue weighted by atomic mass is 10.0. The molecule has 0 aromatic heterocycles. The summed E-state index contributed by atoms with van der Waals surface area (Å²) in [6, 6.07) is 8.25. The summed E-state index contributed by atoms with van der Waals surface area (Å²) >= 11 is 0. The Bertz CT molecular complexity index is 357. The number of Topliss-reactive ketones (excluding diaryl/α,β-unsaturated/α-hetero) is 1. The van der Waals surface area contributed by atoms with Crippen LogP contribution in [0.1, 0.15) is 18.4 Å².